The van der Waals surface area contributed by atoms with Gasteiger partial charge in [0.05, 0.1) is 11.7 Å². The highest BCUT2D eigenvalue weighted by Gasteiger charge is 2.44. The maximum atomic E-state index is 10.2. The average molecular weight is 190 g/mol. The molecule has 72 valence electrons. The quantitative estimate of drug-likeness (QED) is 0.487. The second kappa shape index (κ2) is 3.33. The topological polar surface area (TPSA) is 58.9 Å². The van der Waals surface area contributed by atoms with Crippen molar-refractivity contribution in [3.8, 4) is 0 Å². The zero-order chi connectivity index (χ0) is 10.1. The molecule has 0 amide bonds. The van der Waals surface area contributed by atoms with Gasteiger partial charge in [-0.1, -0.05) is 0 Å². The molecule has 0 spiro atoms. The Kier molecular flexibility index (Phi) is 2.16. The van der Waals surface area contributed by atoms with E-state index in [0.29, 0.717) is 5.92 Å². The molecule has 2 bridgehead atoms. The molecule has 0 aromatic carbocycles. The van der Waals surface area contributed by atoms with Crippen LogP contribution >= 0.6 is 0 Å². The Morgan fingerprint density at radius 1 is 1.29 bits per heavy atom. The molecular formula is C10H10N2O2. The maximum Gasteiger partial charge on any atom is 0.240 e. The number of hydrogen-bond acceptors (Lipinski definition) is 4. The van der Waals surface area contributed by atoms with Crippen molar-refractivity contribution in [2.75, 3.05) is 0 Å². The highest BCUT2D eigenvalue weighted by molar-refractivity contribution is 5.43. The van der Waals surface area contributed by atoms with Gasteiger partial charge in [0.25, 0.3) is 0 Å². The number of aliphatic imine (C=N–C) groups is 2. The number of rotatable bonds is 2. The van der Waals surface area contributed by atoms with Crippen molar-refractivity contribution in [2.24, 2.45) is 21.8 Å². The number of isocyanates is 2. The second-order valence-corrected chi connectivity index (χ2v) is 3.83. The molecule has 1 fully saturated rings. The fourth-order valence-electron chi connectivity index (χ4n) is 2.66. The summed E-state index contributed by atoms with van der Waals surface area (Å²) in [5, 5.41) is 0. The number of carbonyl (C=O) groups excluding carboxylic acids is 2. The van der Waals surface area contributed by atoms with E-state index in [-0.39, 0.29) is 12.0 Å². The lowest BCUT2D eigenvalue weighted by Crippen LogP contribution is -2.15. The summed E-state index contributed by atoms with van der Waals surface area (Å²) >= 11 is 0. The van der Waals surface area contributed by atoms with Crippen LogP contribution in [-0.2, 0) is 9.59 Å². The van der Waals surface area contributed by atoms with Crippen molar-refractivity contribution in [3.05, 3.63) is 11.3 Å². The van der Waals surface area contributed by atoms with Gasteiger partial charge in [-0.25, -0.2) is 14.6 Å². The Labute approximate surface area is 81.4 Å². The van der Waals surface area contributed by atoms with Crippen LogP contribution in [0.3, 0.4) is 0 Å². The van der Waals surface area contributed by atoms with Crippen LogP contribution in [0.15, 0.2) is 21.3 Å². The van der Waals surface area contributed by atoms with Crippen molar-refractivity contribution < 1.29 is 9.59 Å². The van der Waals surface area contributed by atoms with Crippen LogP contribution in [0.25, 0.3) is 0 Å². The first-order valence-electron chi connectivity index (χ1n) is 4.63. The molecule has 0 heterocycles. The summed E-state index contributed by atoms with van der Waals surface area (Å²) in [5.74, 6) is 0.581. The highest BCUT2D eigenvalue weighted by atomic mass is 16.1. The van der Waals surface area contributed by atoms with Gasteiger partial charge in [0.15, 0.2) is 0 Å². The smallest absolute Gasteiger partial charge is 0.211 e. The third-order valence-electron chi connectivity index (χ3n) is 3.26. The van der Waals surface area contributed by atoms with E-state index in [1.807, 2.05) is 6.92 Å². The van der Waals surface area contributed by atoms with Gasteiger partial charge in [-0.15, -0.1) is 0 Å². The van der Waals surface area contributed by atoms with E-state index in [1.165, 1.54) is 0 Å². The average Bonchev–Trinajstić information content (AvgIpc) is 2.68. The molecule has 3 unspecified atom stereocenters. The molecule has 0 radical (unpaired) electrons. The highest BCUT2D eigenvalue weighted by Crippen LogP contribution is 2.49. The first-order valence-corrected chi connectivity index (χ1v) is 4.63. The second-order valence-electron chi connectivity index (χ2n) is 3.83. The SMILES string of the molecule is CC1=C(N=C=O)C2CC(N=C=O)C1C2. The van der Waals surface area contributed by atoms with Gasteiger partial charge in [-0.2, -0.15) is 4.99 Å². The summed E-state index contributed by atoms with van der Waals surface area (Å²) in [4.78, 5) is 27.8. The molecular weight excluding hydrogens is 180 g/mol. The van der Waals surface area contributed by atoms with Gasteiger partial charge in [-0.05, 0) is 25.3 Å². The minimum atomic E-state index is 0.0584. The third-order valence-corrected chi connectivity index (χ3v) is 3.26. The van der Waals surface area contributed by atoms with Crippen molar-refractivity contribution in [2.45, 2.75) is 25.8 Å². The molecule has 0 aromatic heterocycles. The van der Waals surface area contributed by atoms with Crippen LogP contribution in [0.2, 0.25) is 0 Å². The minimum absolute atomic E-state index is 0.0584. The Balaban J connectivity index is 2.31. The summed E-state index contributed by atoms with van der Waals surface area (Å²) in [6, 6.07) is 0.0584. The molecule has 3 atom stereocenters. The zero-order valence-corrected chi connectivity index (χ0v) is 7.86. The Bertz CT molecular complexity index is 387. The van der Waals surface area contributed by atoms with Crippen LogP contribution in [0.1, 0.15) is 19.8 Å². The van der Waals surface area contributed by atoms with E-state index in [1.54, 1.807) is 12.2 Å². The van der Waals surface area contributed by atoms with Gasteiger partial charge in [0.1, 0.15) is 0 Å². The summed E-state index contributed by atoms with van der Waals surface area (Å²) < 4.78 is 0. The lowest BCUT2D eigenvalue weighted by molar-refractivity contribution is 0.519. The number of nitrogens with zero attached hydrogens (tertiary/aromatic N) is 2. The molecule has 0 aliphatic heterocycles. The Hall–Kier alpha value is -1.50. The normalized spacial score (nSPS) is 33.9. The van der Waals surface area contributed by atoms with Crippen molar-refractivity contribution >= 4 is 12.2 Å². The number of hydrogen-bond donors (Lipinski definition) is 0. The number of fused-ring (bicyclic) bond motifs is 2. The molecule has 0 N–H and O–H groups in total. The van der Waals surface area contributed by atoms with Crippen molar-refractivity contribution in [1.29, 1.82) is 0 Å². The van der Waals surface area contributed by atoms with E-state index in [0.717, 1.165) is 24.1 Å². The third kappa shape index (κ3) is 1.17. The van der Waals surface area contributed by atoms with Crippen LogP contribution in [0, 0.1) is 11.8 Å². The lowest BCUT2D eigenvalue weighted by Gasteiger charge is -2.17. The monoisotopic (exact) mass is 190 g/mol. The summed E-state index contributed by atoms with van der Waals surface area (Å²) in [5.41, 5.74) is 1.95. The van der Waals surface area contributed by atoms with Gasteiger partial charge in [-0.3, -0.25) is 0 Å². The molecule has 4 heteroatoms. The molecule has 4 nitrogen and oxygen atoms in total. The number of allylic oxidation sites excluding steroid dienone is 1. The molecule has 2 rings (SSSR count). The molecule has 0 aromatic rings. The fraction of sp³-hybridized carbons (Fsp3) is 0.600. The Morgan fingerprint density at radius 3 is 2.64 bits per heavy atom. The maximum absolute atomic E-state index is 10.2. The van der Waals surface area contributed by atoms with Crippen LogP contribution < -0.4 is 0 Å². The van der Waals surface area contributed by atoms with E-state index >= 15 is 0 Å². The molecule has 2 aliphatic rings. The van der Waals surface area contributed by atoms with Crippen LogP contribution in [0.5, 0.6) is 0 Å². The Morgan fingerprint density at radius 2 is 2.07 bits per heavy atom. The van der Waals surface area contributed by atoms with Gasteiger partial charge in [0, 0.05) is 11.8 Å². The van der Waals surface area contributed by atoms with Crippen molar-refractivity contribution in [3.63, 3.8) is 0 Å². The molecule has 1 saturated carbocycles. The first kappa shape index (κ1) is 9.07. The van der Waals surface area contributed by atoms with Gasteiger partial charge < -0.3 is 0 Å². The van der Waals surface area contributed by atoms with E-state index < -0.39 is 0 Å². The predicted octanol–water partition coefficient (Wildman–Crippen LogP) is 1.34. The largest absolute Gasteiger partial charge is 0.240 e. The minimum Gasteiger partial charge on any atom is -0.211 e. The standard InChI is InChI=1S/C10H10N2O2/c1-6-8-2-7(10(6)12-5-14)3-9(8)11-4-13/h7-9H,2-3H2,1H3. The molecule has 2 aliphatic carbocycles. The summed E-state index contributed by atoms with van der Waals surface area (Å²) in [6.45, 7) is 1.95. The van der Waals surface area contributed by atoms with Crippen molar-refractivity contribution in [1.82, 2.24) is 0 Å². The van der Waals surface area contributed by atoms with E-state index in [4.69, 9.17) is 0 Å². The summed E-state index contributed by atoms with van der Waals surface area (Å²) in [7, 11) is 0. The fourth-order valence-corrected chi connectivity index (χ4v) is 2.66. The van der Waals surface area contributed by atoms with Gasteiger partial charge >= 0.3 is 0 Å². The lowest BCUT2D eigenvalue weighted by atomic mass is 9.93. The molecule has 0 saturated heterocycles. The van der Waals surface area contributed by atoms with Crippen LogP contribution in [-0.4, -0.2) is 18.2 Å². The van der Waals surface area contributed by atoms with Crippen LogP contribution in [0.4, 0.5) is 0 Å². The first-order chi connectivity index (χ1) is 6.77. The molecule has 14 heavy (non-hydrogen) atoms. The van der Waals surface area contributed by atoms with E-state index in [2.05, 4.69) is 9.98 Å². The van der Waals surface area contributed by atoms with Gasteiger partial charge in [0.2, 0.25) is 12.2 Å². The summed E-state index contributed by atoms with van der Waals surface area (Å²) in [6.07, 6.45) is 4.96. The predicted molar refractivity (Wildman–Crippen MR) is 48.9 cm³/mol. The van der Waals surface area contributed by atoms with E-state index in [9.17, 15) is 9.59 Å². The zero-order valence-electron chi connectivity index (χ0n) is 7.86.